The van der Waals surface area contributed by atoms with Gasteiger partial charge in [0.15, 0.2) is 5.78 Å². The number of rotatable bonds is 13. The molecule has 2 aromatic rings. The number of nitrogens with zero attached hydrogens (tertiary/aromatic N) is 4. The number of Topliss-reactive ketones (excluding diaryl/α,β-unsaturated/α-hetero) is 1. The Morgan fingerprint density at radius 3 is 2.44 bits per heavy atom. The summed E-state index contributed by atoms with van der Waals surface area (Å²) in [5.74, 6) is 0.226. The zero-order chi connectivity index (χ0) is 17.9. The van der Waals surface area contributed by atoms with E-state index < -0.39 is 0 Å². The Morgan fingerprint density at radius 2 is 1.76 bits per heavy atom. The number of thiazole rings is 1. The molecule has 2 aromatic heterocycles. The number of unbranched alkanes of at least 4 members (excludes halogenated alkanes) is 6. The van der Waals surface area contributed by atoms with E-state index in [2.05, 4.69) is 29.1 Å². The zero-order valence-electron chi connectivity index (χ0n) is 15.5. The van der Waals surface area contributed by atoms with Crippen LogP contribution in [0.4, 0.5) is 0 Å². The summed E-state index contributed by atoms with van der Waals surface area (Å²) in [4.78, 5) is 17.1. The van der Waals surface area contributed by atoms with E-state index in [0.717, 1.165) is 30.8 Å². The standard InChI is InChI=1S/C19H30N4OS/c1-3-5-7-8-10-12-16(11-9-6-4-2)18(24)17-15-23(22-21-17)19-20-13-14-25-19/h13-16H,3-12H2,1-2H3. The van der Waals surface area contributed by atoms with E-state index in [-0.39, 0.29) is 11.7 Å². The maximum Gasteiger partial charge on any atom is 0.211 e. The van der Waals surface area contributed by atoms with Crippen molar-refractivity contribution in [3.63, 3.8) is 0 Å². The quantitative estimate of drug-likeness (QED) is 0.350. The number of carbonyl (C=O) groups is 1. The molecule has 0 fully saturated rings. The first-order valence-corrected chi connectivity index (χ1v) is 10.5. The van der Waals surface area contributed by atoms with Gasteiger partial charge in [-0.05, 0) is 12.8 Å². The van der Waals surface area contributed by atoms with Crippen molar-refractivity contribution in [1.29, 1.82) is 0 Å². The third-order valence-electron chi connectivity index (χ3n) is 4.54. The summed E-state index contributed by atoms with van der Waals surface area (Å²) in [6, 6.07) is 0. The first-order valence-electron chi connectivity index (χ1n) is 9.62. The average molecular weight is 363 g/mol. The van der Waals surface area contributed by atoms with E-state index in [9.17, 15) is 4.79 Å². The van der Waals surface area contributed by atoms with Crippen LogP contribution < -0.4 is 0 Å². The molecule has 0 saturated heterocycles. The summed E-state index contributed by atoms with van der Waals surface area (Å²) in [5, 5.41) is 10.8. The van der Waals surface area contributed by atoms with E-state index in [0.29, 0.717) is 5.69 Å². The molecule has 6 heteroatoms. The first kappa shape index (κ1) is 19.8. The minimum Gasteiger partial charge on any atom is -0.292 e. The van der Waals surface area contributed by atoms with Gasteiger partial charge in [0, 0.05) is 17.5 Å². The molecule has 2 heterocycles. The van der Waals surface area contributed by atoms with Crippen molar-refractivity contribution in [2.75, 3.05) is 0 Å². The highest BCUT2D eigenvalue weighted by Gasteiger charge is 2.22. The van der Waals surface area contributed by atoms with E-state index in [1.807, 2.05) is 5.38 Å². The van der Waals surface area contributed by atoms with Crippen LogP contribution in [0.5, 0.6) is 0 Å². The molecule has 25 heavy (non-hydrogen) atoms. The van der Waals surface area contributed by atoms with E-state index in [4.69, 9.17) is 0 Å². The van der Waals surface area contributed by atoms with Crippen LogP contribution in [0.1, 0.15) is 88.5 Å². The van der Waals surface area contributed by atoms with Gasteiger partial charge in [0.1, 0.15) is 5.69 Å². The van der Waals surface area contributed by atoms with Gasteiger partial charge < -0.3 is 0 Å². The second-order valence-electron chi connectivity index (χ2n) is 6.62. The third kappa shape index (κ3) is 6.34. The molecule has 0 aliphatic carbocycles. The van der Waals surface area contributed by atoms with Crippen LogP contribution in [0.3, 0.4) is 0 Å². The Kier molecular flexibility index (Phi) is 8.80. The second-order valence-corrected chi connectivity index (χ2v) is 7.50. The maximum atomic E-state index is 12.9. The predicted octanol–water partition coefficient (Wildman–Crippen LogP) is 5.46. The van der Waals surface area contributed by atoms with Gasteiger partial charge in [0.25, 0.3) is 0 Å². The van der Waals surface area contributed by atoms with Crippen molar-refractivity contribution in [2.24, 2.45) is 5.92 Å². The highest BCUT2D eigenvalue weighted by atomic mass is 32.1. The molecule has 0 saturated carbocycles. The van der Waals surface area contributed by atoms with Crippen LogP contribution in [0.25, 0.3) is 5.13 Å². The highest BCUT2D eigenvalue weighted by Crippen LogP contribution is 2.22. The van der Waals surface area contributed by atoms with Crippen LogP contribution in [0.15, 0.2) is 17.8 Å². The number of aromatic nitrogens is 4. The van der Waals surface area contributed by atoms with Crippen LogP contribution in [0, 0.1) is 5.92 Å². The van der Waals surface area contributed by atoms with E-state index in [1.54, 1.807) is 17.1 Å². The fraction of sp³-hybridized carbons (Fsp3) is 0.684. The topological polar surface area (TPSA) is 60.7 Å². The summed E-state index contributed by atoms with van der Waals surface area (Å²) in [7, 11) is 0. The lowest BCUT2D eigenvalue weighted by molar-refractivity contribution is 0.0896. The molecule has 0 radical (unpaired) electrons. The second kappa shape index (κ2) is 11.1. The summed E-state index contributed by atoms with van der Waals surface area (Å²) in [6.07, 6.45) is 15.0. The van der Waals surface area contributed by atoms with Gasteiger partial charge in [0.2, 0.25) is 5.13 Å². The van der Waals surface area contributed by atoms with Crippen LogP contribution in [-0.2, 0) is 0 Å². The van der Waals surface area contributed by atoms with Crippen molar-refractivity contribution < 1.29 is 4.79 Å². The average Bonchev–Trinajstić information content (AvgIpc) is 3.30. The lowest BCUT2D eigenvalue weighted by atomic mass is 9.90. The number of carbonyl (C=O) groups excluding carboxylic acids is 1. The maximum absolute atomic E-state index is 12.9. The van der Waals surface area contributed by atoms with Crippen LogP contribution >= 0.6 is 11.3 Å². The smallest absolute Gasteiger partial charge is 0.211 e. The van der Waals surface area contributed by atoms with E-state index in [1.165, 1.54) is 49.9 Å². The lowest BCUT2D eigenvalue weighted by Crippen LogP contribution is -2.15. The van der Waals surface area contributed by atoms with Crippen LogP contribution in [-0.4, -0.2) is 25.8 Å². The first-order chi connectivity index (χ1) is 12.3. The normalized spacial score (nSPS) is 12.4. The molecule has 0 bridgehead atoms. The van der Waals surface area contributed by atoms with Gasteiger partial charge in [0.05, 0.1) is 6.20 Å². The Balaban J connectivity index is 1.95. The summed E-state index contributed by atoms with van der Waals surface area (Å²) in [5.41, 5.74) is 0.477. The minimum absolute atomic E-state index is 0.0784. The van der Waals surface area contributed by atoms with Crippen molar-refractivity contribution >= 4 is 17.1 Å². The van der Waals surface area contributed by atoms with Gasteiger partial charge in [-0.1, -0.05) is 70.4 Å². The van der Waals surface area contributed by atoms with Gasteiger partial charge in [-0.25, -0.2) is 4.98 Å². The van der Waals surface area contributed by atoms with Crippen molar-refractivity contribution in [2.45, 2.75) is 78.1 Å². The SMILES string of the molecule is CCCCCCCC(CCCCC)C(=O)c1cn(-c2nccs2)nn1. The molecular formula is C19H30N4OS. The molecule has 5 nitrogen and oxygen atoms in total. The molecule has 0 spiro atoms. The fourth-order valence-electron chi connectivity index (χ4n) is 3.05. The fourth-order valence-corrected chi connectivity index (χ4v) is 3.61. The molecule has 138 valence electrons. The highest BCUT2D eigenvalue weighted by molar-refractivity contribution is 7.12. The molecule has 0 N–H and O–H groups in total. The van der Waals surface area contributed by atoms with Gasteiger partial charge in [-0.15, -0.1) is 16.4 Å². The zero-order valence-corrected chi connectivity index (χ0v) is 16.3. The van der Waals surface area contributed by atoms with Crippen LogP contribution in [0.2, 0.25) is 0 Å². The molecular weight excluding hydrogens is 332 g/mol. The monoisotopic (exact) mass is 362 g/mol. The largest absolute Gasteiger partial charge is 0.292 e. The number of hydrogen-bond acceptors (Lipinski definition) is 5. The van der Waals surface area contributed by atoms with Crippen molar-refractivity contribution in [3.05, 3.63) is 23.5 Å². The predicted molar refractivity (Wildman–Crippen MR) is 102 cm³/mol. The summed E-state index contributed by atoms with van der Waals surface area (Å²) in [6.45, 7) is 4.42. The van der Waals surface area contributed by atoms with Gasteiger partial charge >= 0.3 is 0 Å². The molecule has 0 aliphatic rings. The van der Waals surface area contributed by atoms with E-state index >= 15 is 0 Å². The Morgan fingerprint density at radius 1 is 1.08 bits per heavy atom. The molecule has 1 unspecified atom stereocenters. The summed E-state index contributed by atoms with van der Waals surface area (Å²) < 4.78 is 1.60. The Hall–Kier alpha value is -1.56. The molecule has 0 aromatic carbocycles. The van der Waals surface area contributed by atoms with Gasteiger partial charge in [-0.2, -0.15) is 4.68 Å². The molecule has 1 atom stereocenters. The van der Waals surface area contributed by atoms with Gasteiger partial charge in [-0.3, -0.25) is 4.79 Å². The summed E-state index contributed by atoms with van der Waals surface area (Å²) >= 11 is 1.49. The Bertz CT molecular complexity index is 609. The van der Waals surface area contributed by atoms with Crippen molar-refractivity contribution in [3.8, 4) is 5.13 Å². The number of ketones is 1. The minimum atomic E-state index is 0.0784. The third-order valence-corrected chi connectivity index (χ3v) is 5.31. The number of hydrogen-bond donors (Lipinski definition) is 0. The molecule has 0 amide bonds. The Labute approximate surface area is 154 Å². The van der Waals surface area contributed by atoms with Crippen molar-refractivity contribution in [1.82, 2.24) is 20.0 Å². The molecule has 0 aliphatic heterocycles. The molecule has 2 rings (SSSR count). The lowest BCUT2D eigenvalue weighted by Gasteiger charge is -2.14.